The van der Waals surface area contributed by atoms with Gasteiger partial charge < -0.3 is 10.1 Å². The number of carbonyl (C=O) groups excluding carboxylic acids is 1. The van der Waals surface area contributed by atoms with Crippen molar-refractivity contribution < 1.29 is 9.53 Å². The fraction of sp³-hybridized carbons (Fsp3) is 0.250. The number of ether oxygens (including phenoxy) is 1. The smallest absolute Gasteiger partial charge is 0.223 e. The number of carbonyl (C=O) groups is 1. The first-order valence-electron chi connectivity index (χ1n) is 5.42. The van der Waals surface area contributed by atoms with Gasteiger partial charge in [-0.1, -0.05) is 0 Å². The Labute approximate surface area is 105 Å². The van der Waals surface area contributed by atoms with Gasteiger partial charge in [-0.15, -0.1) is 0 Å². The Hall–Kier alpha value is -2.37. The van der Waals surface area contributed by atoms with Gasteiger partial charge in [-0.2, -0.15) is 10.1 Å². The summed E-state index contributed by atoms with van der Waals surface area (Å²) in [4.78, 5) is 15.2. The molecular weight excluding hydrogens is 232 g/mol. The van der Waals surface area contributed by atoms with E-state index in [9.17, 15) is 4.79 Å². The number of nitrogens with zero attached hydrogens (tertiary/aromatic N) is 3. The van der Waals surface area contributed by atoms with E-state index < -0.39 is 0 Å². The first-order chi connectivity index (χ1) is 8.60. The van der Waals surface area contributed by atoms with Crippen LogP contribution in [0, 0.1) is 0 Å². The van der Waals surface area contributed by atoms with E-state index in [1.54, 1.807) is 24.1 Å². The van der Waals surface area contributed by atoms with Crippen LogP contribution in [0.25, 0.3) is 11.1 Å². The maximum Gasteiger partial charge on any atom is 0.223 e. The van der Waals surface area contributed by atoms with Crippen molar-refractivity contribution >= 4 is 11.7 Å². The summed E-state index contributed by atoms with van der Waals surface area (Å²) < 4.78 is 6.94. The van der Waals surface area contributed by atoms with Crippen LogP contribution in [0.2, 0.25) is 0 Å². The Morgan fingerprint density at radius 3 is 2.78 bits per heavy atom. The Morgan fingerprint density at radius 1 is 1.44 bits per heavy atom. The number of aromatic nitrogens is 3. The summed E-state index contributed by atoms with van der Waals surface area (Å²) in [7, 11) is 3.38. The Kier molecular flexibility index (Phi) is 3.27. The van der Waals surface area contributed by atoms with Crippen molar-refractivity contribution in [2.45, 2.75) is 6.92 Å². The van der Waals surface area contributed by atoms with Crippen LogP contribution in [0.1, 0.15) is 6.92 Å². The van der Waals surface area contributed by atoms with Crippen LogP contribution in [0.5, 0.6) is 5.88 Å². The van der Waals surface area contributed by atoms with E-state index in [1.807, 2.05) is 19.3 Å². The molecule has 0 unspecified atom stereocenters. The van der Waals surface area contributed by atoms with Gasteiger partial charge in [0.05, 0.1) is 13.3 Å². The van der Waals surface area contributed by atoms with Crippen LogP contribution in [-0.4, -0.2) is 27.8 Å². The van der Waals surface area contributed by atoms with E-state index in [-0.39, 0.29) is 5.91 Å². The number of pyridine rings is 1. The number of methoxy groups -OCH3 is 1. The third kappa shape index (κ3) is 2.48. The second-order valence-corrected chi connectivity index (χ2v) is 3.84. The minimum atomic E-state index is -0.168. The molecule has 0 radical (unpaired) electrons. The van der Waals surface area contributed by atoms with E-state index in [1.165, 1.54) is 6.92 Å². The highest BCUT2D eigenvalue weighted by atomic mass is 16.5. The second kappa shape index (κ2) is 4.87. The van der Waals surface area contributed by atoms with E-state index in [4.69, 9.17) is 4.74 Å². The van der Waals surface area contributed by atoms with Gasteiger partial charge in [0.25, 0.3) is 0 Å². The fourth-order valence-corrected chi connectivity index (χ4v) is 1.63. The molecule has 0 saturated carbocycles. The van der Waals surface area contributed by atoms with Crippen molar-refractivity contribution in [3.05, 3.63) is 24.5 Å². The first-order valence-corrected chi connectivity index (χ1v) is 5.42. The maximum atomic E-state index is 11.0. The number of anilines is 1. The molecule has 0 atom stereocenters. The van der Waals surface area contributed by atoms with Gasteiger partial charge >= 0.3 is 0 Å². The van der Waals surface area contributed by atoms with E-state index >= 15 is 0 Å². The number of aryl methyl sites for hydroxylation is 1. The van der Waals surface area contributed by atoms with E-state index in [0.29, 0.717) is 11.7 Å². The highest BCUT2D eigenvalue weighted by molar-refractivity contribution is 5.88. The molecule has 2 rings (SSSR count). The van der Waals surface area contributed by atoms with Gasteiger partial charge in [-0.05, 0) is 12.1 Å². The number of hydrogen-bond donors (Lipinski definition) is 1. The third-order valence-electron chi connectivity index (χ3n) is 2.37. The first kappa shape index (κ1) is 12.1. The third-order valence-corrected chi connectivity index (χ3v) is 2.37. The molecular formula is C12H14N4O2. The van der Waals surface area contributed by atoms with Crippen molar-refractivity contribution in [1.82, 2.24) is 14.8 Å². The number of amides is 1. The molecule has 2 aromatic rings. The molecule has 0 spiro atoms. The van der Waals surface area contributed by atoms with Crippen LogP contribution >= 0.6 is 0 Å². The normalized spacial score (nSPS) is 10.2. The molecule has 0 saturated heterocycles. The molecule has 0 aliphatic heterocycles. The summed E-state index contributed by atoms with van der Waals surface area (Å²) in [6.45, 7) is 1.43. The Balaban J connectivity index is 2.40. The van der Waals surface area contributed by atoms with Gasteiger partial charge in [0.2, 0.25) is 11.8 Å². The average molecular weight is 246 g/mol. The summed E-state index contributed by atoms with van der Waals surface area (Å²) in [5.41, 5.74) is 1.75. The zero-order valence-electron chi connectivity index (χ0n) is 10.5. The molecule has 1 amide bonds. The van der Waals surface area contributed by atoms with E-state index in [0.717, 1.165) is 11.1 Å². The fourth-order valence-electron chi connectivity index (χ4n) is 1.63. The molecule has 0 fully saturated rings. The molecule has 0 aromatic carbocycles. The van der Waals surface area contributed by atoms with Crippen LogP contribution in [0.15, 0.2) is 24.5 Å². The minimum Gasteiger partial charge on any atom is -0.480 e. The molecule has 18 heavy (non-hydrogen) atoms. The number of rotatable bonds is 3. The molecule has 6 nitrogen and oxygen atoms in total. The van der Waals surface area contributed by atoms with Crippen molar-refractivity contribution in [2.75, 3.05) is 12.4 Å². The molecule has 2 aromatic heterocycles. The predicted molar refractivity (Wildman–Crippen MR) is 67.3 cm³/mol. The lowest BCUT2D eigenvalue weighted by Crippen LogP contribution is -2.08. The number of hydrogen-bond acceptors (Lipinski definition) is 4. The van der Waals surface area contributed by atoms with Crippen molar-refractivity contribution in [3.8, 4) is 17.0 Å². The van der Waals surface area contributed by atoms with Gasteiger partial charge in [0.1, 0.15) is 5.82 Å². The molecule has 0 aliphatic rings. The predicted octanol–water partition coefficient (Wildman–Crippen LogP) is 1.45. The topological polar surface area (TPSA) is 69.0 Å². The molecule has 0 bridgehead atoms. The highest BCUT2D eigenvalue weighted by Gasteiger charge is 2.10. The van der Waals surface area contributed by atoms with Crippen LogP contribution < -0.4 is 10.1 Å². The van der Waals surface area contributed by atoms with Crippen LogP contribution in [0.3, 0.4) is 0 Å². The van der Waals surface area contributed by atoms with Crippen molar-refractivity contribution in [3.63, 3.8) is 0 Å². The quantitative estimate of drug-likeness (QED) is 0.890. The summed E-state index contributed by atoms with van der Waals surface area (Å²) in [5, 5.41) is 6.72. The van der Waals surface area contributed by atoms with Crippen LogP contribution in [0.4, 0.5) is 5.82 Å². The zero-order valence-corrected chi connectivity index (χ0v) is 10.5. The van der Waals surface area contributed by atoms with Gasteiger partial charge in [0, 0.05) is 31.3 Å². The Morgan fingerprint density at radius 2 is 2.22 bits per heavy atom. The molecule has 6 heteroatoms. The highest BCUT2D eigenvalue weighted by Crippen LogP contribution is 2.28. The zero-order chi connectivity index (χ0) is 13.1. The lowest BCUT2D eigenvalue weighted by Gasteiger charge is -2.08. The molecule has 0 aliphatic carbocycles. The molecule has 94 valence electrons. The minimum absolute atomic E-state index is 0.168. The summed E-state index contributed by atoms with van der Waals surface area (Å²) in [5.74, 6) is 0.750. The standard InChI is InChI=1S/C12H14N4O2/c1-8(17)14-11-5-4-10(12(15-11)18-3)9-6-13-16(2)7-9/h4-7H,1-3H3,(H,14,15,17). The molecule has 1 N–H and O–H groups in total. The Bertz CT molecular complexity index is 577. The summed E-state index contributed by atoms with van der Waals surface area (Å²) in [6, 6.07) is 3.57. The monoisotopic (exact) mass is 246 g/mol. The lowest BCUT2D eigenvalue weighted by atomic mass is 10.1. The number of nitrogens with one attached hydrogen (secondary N) is 1. The van der Waals surface area contributed by atoms with Gasteiger partial charge in [-0.3, -0.25) is 9.48 Å². The lowest BCUT2D eigenvalue weighted by molar-refractivity contribution is -0.114. The van der Waals surface area contributed by atoms with Crippen molar-refractivity contribution in [2.24, 2.45) is 7.05 Å². The largest absolute Gasteiger partial charge is 0.480 e. The van der Waals surface area contributed by atoms with Crippen molar-refractivity contribution in [1.29, 1.82) is 0 Å². The van der Waals surface area contributed by atoms with Gasteiger partial charge in [0.15, 0.2) is 0 Å². The average Bonchev–Trinajstić information content (AvgIpc) is 2.74. The SMILES string of the molecule is COc1nc(NC(C)=O)ccc1-c1cnn(C)c1. The maximum absolute atomic E-state index is 11.0. The second-order valence-electron chi connectivity index (χ2n) is 3.84. The summed E-state index contributed by atoms with van der Waals surface area (Å²) in [6.07, 6.45) is 3.61. The van der Waals surface area contributed by atoms with E-state index in [2.05, 4.69) is 15.4 Å². The van der Waals surface area contributed by atoms with Gasteiger partial charge in [-0.25, -0.2) is 0 Å². The summed E-state index contributed by atoms with van der Waals surface area (Å²) >= 11 is 0. The molecule has 2 heterocycles. The van der Waals surface area contributed by atoms with Crippen LogP contribution in [-0.2, 0) is 11.8 Å².